The van der Waals surface area contributed by atoms with E-state index in [1.165, 1.54) is 0 Å². The number of carbonyl (C=O) groups excluding carboxylic acids is 2. The normalized spacial score (nSPS) is 10.1. The van der Waals surface area contributed by atoms with Crippen molar-refractivity contribution in [2.24, 2.45) is 0 Å². The molecule has 1 aromatic heterocycles. The number of hydrogen-bond acceptors (Lipinski definition) is 3. The van der Waals surface area contributed by atoms with Crippen LogP contribution in [-0.4, -0.2) is 22.0 Å². The fraction of sp³-hybridized carbons (Fsp3) is 0.188. The van der Waals surface area contributed by atoms with Gasteiger partial charge in [0.1, 0.15) is 5.69 Å². The molecule has 0 bridgehead atoms. The van der Waals surface area contributed by atoms with Crippen molar-refractivity contribution in [1.29, 1.82) is 0 Å². The Morgan fingerprint density at radius 1 is 1.38 bits per heavy atom. The zero-order valence-electron chi connectivity index (χ0n) is 11.9. The van der Waals surface area contributed by atoms with Crippen molar-refractivity contribution in [3.05, 3.63) is 48.7 Å². The number of rotatable bonds is 6. The fourth-order valence-electron chi connectivity index (χ4n) is 1.91. The molecule has 0 radical (unpaired) electrons. The van der Waals surface area contributed by atoms with Gasteiger partial charge in [-0.1, -0.05) is 25.1 Å². The lowest BCUT2D eigenvalue weighted by molar-refractivity contribution is -0.115. The summed E-state index contributed by atoms with van der Waals surface area (Å²) in [4.78, 5) is 22.3. The lowest BCUT2D eigenvalue weighted by Crippen LogP contribution is -2.09. The average molecular weight is 283 g/mol. The van der Waals surface area contributed by atoms with Crippen molar-refractivity contribution in [2.45, 2.75) is 19.9 Å². The molecule has 5 nitrogen and oxygen atoms in total. The largest absolute Gasteiger partial charge is 0.326 e. The third-order valence-electron chi connectivity index (χ3n) is 3.02. The Labute approximate surface area is 123 Å². The average Bonchev–Trinajstić information content (AvgIpc) is 2.91. The molecule has 0 saturated heterocycles. The van der Waals surface area contributed by atoms with E-state index in [0.717, 1.165) is 17.5 Å². The summed E-state index contributed by atoms with van der Waals surface area (Å²) in [6.45, 7) is 5.93. The van der Waals surface area contributed by atoms with Crippen LogP contribution in [0.2, 0.25) is 0 Å². The van der Waals surface area contributed by atoms with E-state index < -0.39 is 0 Å². The number of carbonyl (C=O) groups is 2. The topological polar surface area (TPSA) is 64.0 Å². The van der Waals surface area contributed by atoms with Gasteiger partial charge < -0.3 is 5.32 Å². The van der Waals surface area contributed by atoms with Crippen molar-refractivity contribution < 1.29 is 9.59 Å². The first kappa shape index (κ1) is 14.7. The molecule has 1 amide bonds. The number of nitrogens with zero attached hydrogens (tertiary/aromatic N) is 2. The van der Waals surface area contributed by atoms with E-state index in [4.69, 9.17) is 0 Å². The van der Waals surface area contributed by atoms with Gasteiger partial charge in [-0.15, -0.1) is 6.58 Å². The molecule has 0 aliphatic rings. The van der Waals surface area contributed by atoms with Crippen LogP contribution in [0.1, 0.15) is 23.8 Å². The molecule has 0 spiro atoms. The number of aldehydes is 1. The van der Waals surface area contributed by atoms with Crippen LogP contribution in [-0.2, 0) is 11.3 Å². The van der Waals surface area contributed by atoms with Crippen LogP contribution in [0.5, 0.6) is 0 Å². The first-order chi connectivity index (χ1) is 10.2. The minimum absolute atomic E-state index is 0.0266. The van der Waals surface area contributed by atoms with Crippen molar-refractivity contribution in [1.82, 2.24) is 9.78 Å². The molecule has 0 unspecified atom stereocenters. The maximum Gasteiger partial charge on any atom is 0.224 e. The molecule has 5 heteroatoms. The molecule has 2 aromatic rings. The summed E-state index contributed by atoms with van der Waals surface area (Å²) < 4.78 is 1.60. The molecule has 0 fully saturated rings. The van der Waals surface area contributed by atoms with Crippen LogP contribution in [0.4, 0.5) is 5.69 Å². The van der Waals surface area contributed by atoms with Crippen LogP contribution in [0.25, 0.3) is 11.3 Å². The van der Waals surface area contributed by atoms with E-state index >= 15 is 0 Å². The smallest absolute Gasteiger partial charge is 0.224 e. The van der Waals surface area contributed by atoms with Crippen molar-refractivity contribution in [2.75, 3.05) is 5.32 Å². The summed E-state index contributed by atoms with van der Waals surface area (Å²) in [6.07, 6.45) is 2.90. The molecule has 108 valence electrons. The zero-order valence-corrected chi connectivity index (χ0v) is 11.9. The number of hydrogen-bond donors (Lipinski definition) is 1. The quantitative estimate of drug-likeness (QED) is 0.655. The van der Waals surface area contributed by atoms with Gasteiger partial charge in [0.05, 0.1) is 12.2 Å². The van der Waals surface area contributed by atoms with Crippen LogP contribution in [0.15, 0.2) is 43.0 Å². The molecule has 2 rings (SSSR count). The minimum atomic E-state index is -0.0266. The van der Waals surface area contributed by atoms with E-state index in [1.807, 2.05) is 24.3 Å². The van der Waals surface area contributed by atoms with E-state index in [9.17, 15) is 9.59 Å². The second-order valence-electron chi connectivity index (χ2n) is 4.52. The van der Waals surface area contributed by atoms with E-state index in [2.05, 4.69) is 17.0 Å². The van der Waals surface area contributed by atoms with Gasteiger partial charge in [0, 0.05) is 17.7 Å². The standard InChI is InChI=1S/C16H17N3O2/c1-3-9-19-14(11-20)10-15(18-19)12-5-7-13(8-6-12)17-16(21)4-2/h3,5-8,10-11H,1,4,9H2,2H3,(H,17,21). The summed E-state index contributed by atoms with van der Waals surface area (Å²) in [5.41, 5.74) is 2.85. The Morgan fingerprint density at radius 3 is 2.67 bits per heavy atom. The maximum absolute atomic E-state index is 11.3. The number of anilines is 1. The van der Waals surface area contributed by atoms with E-state index in [0.29, 0.717) is 24.4 Å². The molecular weight excluding hydrogens is 266 g/mol. The van der Waals surface area contributed by atoms with Gasteiger partial charge in [-0.25, -0.2) is 0 Å². The Morgan fingerprint density at radius 2 is 2.10 bits per heavy atom. The summed E-state index contributed by atoms with van der Waals surface area (Å²) >= 11 is 0. The lowest BCUT2D eigenvalue weighted by Gasteiger charge is -2.04. The molecule has 0 aliphatic carbocycles. The number of amides is 1. The number of aromatic nitrogens is 2. The lowest BCUT2D eigenvalue weighted by atomic mass is 10.1. The van der Waals surface area contributed by atoms with Crippen molar-refractivity contribution in [3.8, 4) is 11.3 Å². The molecule has 0 aliphatic heterocycles. The van der Waals surface area contributed by atoms with E-state index in [1.54, 1.807) is 23.7 Å². The van der Waals surface area contributed by atoms with Crippen LogP contribution < -0.4 is 5.32 Å². The summed E-state index contributed by atoms with van der Waals surface area (Å²) in [6, 6.07) is 9.09. The molecule has 1 heterocycles. The predicted octanol–water partition coefficient (Wildman–Crippen LogP) is 2.90. The highest BCUT2D eigenvalue weighted by molar-refractivity contribution is 5.90. The minimum Gasteiger partial charge on any atom is -0.326 e. The number of allylic oxidation sites excluding steroid dienone is 1. The van der Waals surface area contributed by atoms with Gasteiger partial charge in [-0.05, 0) is 18.2 Å². The van der Waals surface area contributed by atoms with Gasteiger partial charge in [-0.2, -0.15) is 5.10 Å². The Kier molecular flexibility index (Phi) is 4.66. The SMILES string of the molecule is C=CCn1nc(-c2ccc(NC(=O)CC)cc2)cc1C=O. The Bertz CT molecular complexity index is 657. The summed E-state index contributed by atoms with van der Waals surface area (Å²) in [5.74, 6) is -0.0266. The van der Waals surface area contributed by atoms with Gasteiger partial charge >= 0.3 is 0 Å². The van der Waals surface area contributed by atoms with Gasteiger partial charge in [0.2, 0.25) is 5.91 Å². The van der Waals surface area contributed by atoms with Crippen LogP contribution >= 0.6 is 0 Å². The number of benzene rings is 1. The fourth-order valence-corrected chi connectivity index (χ4v) is 1.91. The Balaban J connectivity index is 2.24. The van der Waals surface area contributed by atoms with Crippen molar-refractivity contribution in [3.63, 3.8) is 0 Å². The molecular formula is C16H17N3O2. The maximum atomic E-state index is 11.3. The highest BCUT2D eigenvalue weighted by atomic mass is 16.1. The highest BCUT2D eigenvalue weighted by Crippen LogP contribution is 2.21. The highest BCUT2D eigenvalue weighted by Gasteiger charge is 2.08. The number of nitrogens with one attached hydrogen (secondary N) is 1. The van der Waals surface area contributed by atoms with E-state index in [-0.39, 0.29) is 5.91 Å². The Hall–Kier alpha value is -2.69. The van der Waals surface area contributed by atoms with Gasteiger partial charge in [0.25, 0.3) is 0 Å². The second kappa shape index (κ2) is 6.65. The molecule has 1 aromatic carbocycles. The van der Waals surface area contributed by atoms with Crippen LogP contribution in [0.3, 0.4) is 0 Å². The monoisotopic (exact) mass is 283 g/mol. The third kappa shape index (κ3) is 3.45. The zero-order chi connectivity index (χ0) is 15.2. The summed E-state index contributed by atoms with van der Waals surface area (Å²) in [5, 5.41) is 7.16. The molecule has 0 atom stereocenters. The van der Waals surface area contributed by atoms with Crippen molar-refractivity contribution >= 4 is 17.9 Å². The van der Waals surface area contributed by atoms with Gasteiger partial charge in [0.15, 0.2) is 6.29 Å². The molecule has 0 saturated carbocycles. The molecule has 1 N–H and O–H groups in total. The predicted molar refractivity (Wildman–Crippen MR) is 82.2 cm³/mol. The van der Waals surface area contributed by atoms with Gasteiger partial charge in [-0.3, -0.25) is 14.3 Å². The third-order valence-corrected chi connectivity index (χ3v) is 3.02. The first-order valence-electron chi connectivity index (χ1n) is 6.72. The van der Waals surface area contributed by atoms with Crippen LogP contribution in [0, 0.1) is 0 Å². The first-order valence-corrected chi connectivity index (χ1v) is 6.72. The summed E-state index contributed by atoms with van der Waals surface area (Å²) in [7, 11) is 0. The molecule has 21 heavy (non-hydrogen) atoms. The second-order valence-corrected chi connectivity index (χ2v) is 4.52.